The van der Waals surface area contributed by atoms with Gasteiger partial charge in [0.15, 0.2) is 0 Å². The topological polar surface area (TPSA) is 0 Å². The molecule has 0 nitrogen and oxygen atoms in total. The monoisotopic (exact) mass is 406 g/mol. The summed E-state index contributed by atoms with van der Waals surface area (Å²) in [5.41, 5.74) is 4.66. The van der Waals surface area contributed by atoms with Gasteiger partial charge in [-0.1, -0.05) is 79.2 Å². The van der Waals surface area contributed by atoms with E-state index in [2.05, 4.69) is 31.2 Å². The standard InChI is InChI=1S/C26H21ClF2/c1-2-17-3-5-18(6-4-17)7-8-19-9-12-22-20(15-19)10-13-23(26(22)29)21-11-14-24(27)25(28)16-21/h3-6,9-16H,2,7-8H2,1H3. The number of benzene rings is 4. The van der Waals surface area contributed by atoms with Gasteiger partial charge < -0.3 is 0 Å². The summed E-state index contributed by atoms with van der Waals surface area (Å²) in [4.78, 5) is 0. The largest absolute Gasteiger partial charge is 0.206 e. The highest BCUT2D eigenvalue weighted by molar-refractivity contribution is 6.30. The summed E-state index contributed by atoms with van der Waals surface area (Å²) in [7, 11) is 0. The molecular formula is C26H21ClF2. The predicted molar refractivity (Wildman–Crippen MR) is 118 cm³/mol. The van der Waals surface area contributed by atoms with Crippen LogP contribution in [0.3, 0.4) is 0 Å². The lowest BCUT2D eigenvalue weighted by atomic mass is 9.97. The Morgan fingerprint density at radius 2 is 1.41 bits per heavy atom. The van der Waals surface area contributed by atoms with Crippen molar-refractivity contribution in [1.82, 2.24) is 0 Å². The summed E-state index contributed by atoms with van der Waals surface area (Å²) in [5.74, 6) is -0.892. The van der Waals surface area contributed by atoms with Gasteiger partial charge in [0, 0.05) is 10.9 Å². The van der Waals surface area contributed by atoms with Crippen LogP contribution in [0.15, 0.2) is 72.8 Å². The minimum absolute atomic E-state index is 0.0314. The van der Waals surface area contributed by atoms with E-state index in [0.29, 0.717) is 16.5 Å². The summed E-state index contributed by atoms with van der Waals surface area (Å²) in [6.45, 7) is 2.15. The highest BCUT2D eigenvalue weighted by Gasteiger charge is 2.12. The van der Waals surface area contributed by atoms with Crippen LogP contribution in [0.1, 0.15) is 23.6 Å². The Labute approximate surface area is 174 Å². The average molecular weight is 407 g/mol. The maximum absolute atomic E-state index is 15.1. The molecule has 0 radical (unpaired) electrons. The Bertz CT molecular complexity index is 1160. The van der Waals surface area contributed by atoms with E-state index < -0.39 is 5.82 Å². The molecule has 0 bridgehead atoms. The molecule has 0 aromatic heterocycles. The van der Waals surface area contributed by atoms with Crippen LogP contribution in [0.4, 0.5) is 8.78 Å². The fraction of sp³-hybridized carbons (Fsp3) is 0.154. The van der Waals surface area contributed by atoms with Crippen molar-refractivity contribution in [2.45, 2.75) is 26.2 Å². The molecule has 0 N–H and O–H groups in total. The number of aryl methyl sites for hydroxylation is 3. The fourth-order valence-electron chi connectivity index (χ4n) is 3.61. The van der Waals surface area contributed by atoms with Crippen LogP contribution < -0.4 is 0 Å². The third-order valence-electron chi connectivity index (χ3n) is 5.38. The molecular weight excluding hydrogens is 386 g/mol. The molecule has 4 aromatic rings. The van der Waals surface area contributed by atoms with Gasteiger partial charge in [0.25, 0.3) is 0 Å². The summed E-state index contributed by atoms with van der Waals surface area (Å²) >= 11 is 5.74. The number of halogens is 3. The molecule has 0 spiro atoms. The molecule has 4 aromatic carbocycles. The lowest BCUT2D eigenvalue weighted by Gasteiger charge is -2.10. The Morgan fingerprint density at radius 1 is 0.724 bits per heavy atom. The number of fused-ring (bicyclic) bond motifs is 1. The van der Waals surface area contributed by atoms with Crippen LogP contribution in [0.5, 0.6) is 0 Å². The average Bonchev–Trinajstić information content (AvgIpc) is 2.75. The van der Waals surface area contributed by atoms with Crippen molar-refractivity contribution in [2.24, 2.45) is 0 Å². The molecule has 0 saturated heterocycles. The van der Waals surface area contributed by atoms with Gasteiger partial charge in [0.05, 0.1) is 5.02 Å². The van der Waals surface area contributed by atoms with E-state index in [0.717, 1.165) is 24.6 Å². The quantitative estimate of drug-likeness (QED) is 0.317. The Kier molecular flexibility index (Phi) is 5.64. The molecule has 146 valence electrons. The van der Waals surface area contributed by atoms with Crippen molar-refractivity contribution in [3.63, 3.8) is 0 Å². The molecule has 0 amide bonds. The second kappa shape index (κ2) is 8.34. The van der Waals surface area contributed by atoms with Gasteiger partial charge in [0.2, 0.25) is 0 Å². The number of hydrogen-bond donors (Lipinski definition) is 0. The second-order valence-electron chi connectivity index (χ2n) is 7.28. The molecule has 29 heavy (non-hydrogen) atoms. The molecule has 0 fully saturated rings. The third kappa shape index (κ3) is 4.18. The van der Waals surface area contributed by atoms with Crippen molar-refractivity contribution in [3.8, 4) is 11.1 Å². The smallest absolute Gasteiger partial charge is 0.142 e. The molecule has 3 heteroatoms. The fourth-order valence-corrected chi connectivity index (χ4v) is 3.73. The van der Waals surface area contributed by atoms with Crippen LogP contribution in [-0.2, 0) is 19.3 Å². The molecule has 0 heterocycles. The minimum atomic E-state index is -0.550. The Hall–Kier alpha value is -2.71. The molecule has 0 unspecified atom stereocenters. The van der Waals surface area contributed by atoms with Crippen molar-refractivity contribution < 1.29 is 8.78 Å². The second-order valence-corrected chi connectivity index (χ2v) is 7.69. The van der Waals surface area contributed by atoms with Gasteiger partial charge in [-0.15, -0.1) is 0 Å². The zero-order chi connectivity index (χ0) is 20.4. The van der Waals surface area contributed by atoms with E-state index >= 15 is 4.39 Å². The van der Waals surface area contributed by atoms with Crippen LogP contribution in [0, 0.1) is 11.6 Å². The summed E-state index contributed by atoms with van der Waals surface area (Å²) in [5, 5.41) is 1.41. The maximum Gasteiger partial charge on any atom is 0.142 e. The van der Waals surface area contributed by atoms with E-state index in [-0.39, 0.29) is 10.8 Å². The highest BCUT2D eigenvalue weighted by atomic mass is 35.5. The van der Waals surface area contributed by atoms with E-state index in [9.17, 15) is 4.39 Å². The molecule has 0 aliphatic rings. The molecule has 0 aliphatic carbocycles. The maximum atomic E-state index is 15.1. The van der Waals surface area contributed by atoms with Gasteiger partial charge in [0.1, 0.15) is 11.6 Å². The van der Waals surface area contributed by atoms with Gasteiger partial charge in [-0.2, -0.15) is 0 Å². The zero-order valence-corrected chi connectivity index (χ0v) is 16.9. The van der Waals surface area contributed by atoms with E-state index in [1.807, 2.05) is 24.3 Å². The highest BCUT2D eigenvalue weighted by Crippen LogP contribution is 2.31. The lowest BCUT2D eigenvalue weighted by Crippen LogP contribution is -1.93. The van der Waals surface area contributed by atoms with E-state index in [4.69, 9.17) is 11.6 Å². The summed E-state index contributed by atoms with van der Waals surface area (Å²) < 4.78 is 28.9. The van der Waals surface area contributed by atoms with Gasteiger partial charge in [-0.05, 0) is 59.0 Å². The minimum Gasteiger partial charge on any atom is -0.206 e. The van der Waals surface area contributed by atoms with E-state index in [1.54, 1.807) is 12.1 Å². The first-order valence-electron chi connectivity index (χ1n) is 9.79. The van der Waals surface area contributed by atoms with E-state index in [1.165, 1.54) is 28.8 Å². The zero-order valence-electron chi connectivity index (χ0n) is 16.2. The molecule has 4 rings (SSSR count). The van der Waals surface area contributed by atoms with Crippen molar-refractivity contribution >= 4 is 22.4 Å². The number of hydrogen-bond acceptors (Lipinski definition) is 0. The van der Waals surface area contributed by atoms with Crippen molar-refractivity contribution in [3.05, 3.63) is 106 Å². The first-order chi connectivity index (χ1) is 14.0. The number of rotatable bonds is 5. The van der Waals surface area contributed by atoms with Crippen LogP contribution >= 0.6 is 11.6 Å². The first-order valence-corrected chi connectivity index (χ1v) is 10.2. The SMILES string of the molecule is CCc1ccc(CCc2ccc3c(F)c(-c4ccc(Cl)c(F)c4)ccc3c2)cc1. The molecule has 0 atom stereocenters. The first kappa shape index (κ1) is 19.6. The lowest BCUT2D eigenvalue weighted by molar-refractivity contribution is 0.627. The van der Waals surface area contributed by atoms with Crippen molar-refractivity contribution in [1.29, 1.82) is 0 Å². The summed E-state index contributed by atoms with van der Waals surface area (Å²) in [6, 6.07) is 22.5. The van der Waals surface area contributed by atoms with Crippen LogP contribution in [0.2, 0.25) is 5.02 Å². The third-order valence-corrected chi connectivity index (χ3v) is 5.69. The Morgan fingerprint density at radius 3 is 2.14 bits per heavy atom. The normalized spacial score (nSPS) is 11.2. The molecule has 0 saturated carbocycles. The van der Waals surface area contributed by atoms with Crippen LogP contribution in [0.25, 0.3) is 21.9 Å². The van der Waals surface area contributed by atoms with Crippen molar-refractivity contribution in [2.75, 3.05) is 0 Å². The summed E-state index contributed by atoms with van der Waals surface area (Å²) in [6.07, 6.45) is 2.88. The Balaban J connectivity index is 1.58. The van der Waals surface area contributed by atoms with Gasteiger partial charge in [-0.3, -0.25) is 0 Å². The van der Waals surface area contributed by atoms with Gasteiger partial charge >= 0.3 is 0 Å². The van der Waals surface area contributed by atoms with Gasteiger partial charge in [-0.25, -0.2) is 8.78 Å². The molecule has 0 aliphatic heterocycles. The van der Waals surface area contributed by atoms with Crippen LogP contribution in [-0.4, -0.2) is 0 Å². The predicted octanol–water partition coefficient (Wildman–Crippen LogP) is 7.79.